The second-order valence-corrected chi connectivity index (χ2v) is 7.32. The van der Waals surface area contributed by atoms with E-state index in [1.165, 1.54) is 18.5 Å². The number of hydrogen-bond donors (Lipinski definition) is 2. The Labute approximate surface area is 170 Å². The molecule has 0 aliphatic carbocycles. The third kappa shape index (κ3) is 4.79. The molecule has 0 radical (unpaired) electrons. The minimum absolute atomic E-state index is 0.388. The number of nitriles is 1. The van der Waals surface area contributed by atoms with Gasteiger partial charge in [0.15, 0.2) is 5.82 Å². The summed E-state index contributed by atoms with van der Waals surface area (Å²) >= 11 is 0. The monoisotopic (exact) mass is 385 g/mol. The molecule has 1 aromatic heterocycles. The van der Waals surface area contributed by atoms with Crippen molar-refractivity contribution < 1.29 is 0 Å². The maximum absolute atomic E-state index is 8.88. The van der Waals surface area contributed by atoms with Gasteiger partial charge in [-0.05, 0) is 67.3 Å². The van der Waals surface area contributed by atoms with Crippen molar-refractivity contribution in [2.45, 2.75) is 19.8 Å². The largest absolute Gasteiger partial charge is 0.372 e. The van der Waals surface area contributed by atoms with Crippen LogP contribution in [0.15, 0.2) is 54.7 Å². The maximum atomic E-state index is 8.88. The van der Waals surface area contributed by atoms with E-state index in [9.17, 15) is 0 Å². The number of anilines is 5. The van der Waals surface area contributed by atoms with Gasteiger partial charge in [-0.15, -0.1) is 5.10 Å². The van der Waals surface area contributed by atoms with Crippen LogP contribution < -0.4 is 15.5 Å². The van der Waals surface area contributed by atoms with Gasteiger partial charge in [0, 0.05) is 30.2 Å². The van der Waals surface area contributed by atoms with E-state index in [2.05, 4.69) is 68.0 Å². The Bertz CT molecular complexity index is 985. The Morgan fingerprint density at radius 2 is 1.62 bits per heavy atom. The van der Waals surface area contributed by atoms with Gasteiger partial charge in [0.2, 0.25) is 5.95 Å². The van der Waals surface area contributed by atoms with Crippen LogP contribution in [0.2, 0.25) is 0 Å². The van der Waals surface area contributed by atoms with Gasteiger partial charge >= 0.3 is 0 Å². The highest BCUT2D eigenvalue weighted by molar-refractivity contribution is 5.62. The van der Waals surface area contributed by atoms with E-state index >= 15 is 0 Å². The zero-order chi connectivity index (χ0) is 20.1. The van der Waals surface area contributed by atoms with Crippen molar-refractivity contribution in [2.75, 3.05) is 28.6 Å². The molecule has 146 valence electrons. The Morgan fingerprint density at radius 3 is 2.31 bits per heavy atom. The smallest absolute Gasteiger partial charge is 0.249 e. The van der Waals surface area contributed by atoms with E-state index in [0.29, 0.717) is 17.3 Å². The molecule has 0 atom stereocenters. The second kappa shape index (κ2) is 8.57. The van der Waals surface area contributed by atoms with E-state index in [-0.39, 0.29) is 0 Å². The van der Waals surface area contributed by atoms with E-state index < -0.39 is 0 Å². The number of hydrogen-bond acceptors (Lipinski definition) is 7. The van der Waals surface area contributed by atoms with Crippen LogP contribution in [-0.2, 0) is 0 Å². The van der Waals surface area contributed by atoms with Crippen LogP contribution in [0.3, 0.4) is 0 Å². The molecule has 0 saturated carbocycles. The number of piperidine rings is 1. The van der Waals surface area contributed by atoms with Crippen LogP contribution in [0.5, 0.6) is 0 Å². The summed E-state index contributed by atoms with van der Waals surface area (Å²) in [6.45, 7) is 4.56. The van der Waals surface area contributed by atoms with Crippen LogP contribution in [0, 0.1) is 17.2 Å². The molecule has 3 aromatic rings. The fourth-order valence-corrected chi connectivity index (χ4v) is 3.34. The Morgan fingerprint density at radius 1 is 0.966 bits per heavy atom. The third-order valence-electron chi connectivity index (χ3n) is 5.12. The maximum Gasteiger partial charge on any atom is 0.249 e. The van der Waals surface area contributed by atoms with Crippen LogP contribution in [0.1, 0.15) is 25.3 Å². The second-order valence-electron chi connectivity index (χ2n) is 7.32. The number of aromatic nitrogens is 3. The van der Waals surface area contributed by atoms with Gasteiger partial charge in [-0.1, -0.05) is 6.92 Å². The highest BCUT2D eigenvalue weighted by atomic mass is 15.3. The third-order valence-corrected chi connectivity index (χ3v) is 5.12. The van der Waals surface area contributed by atoms with Crippen LogP contribution >= 0.6 is 0 Å². The van der Waals surface area contributed by atoms with Gasteiger partial charge in [0.1, 0.15) is 0 Å². The summed E-state index contributed by atoms with van der Waals surface area (Å²) in [5.74, 6) is 1.82. The lowest BCUT2D eigenvalue weighted by atomic mass is 9.99. The first-order valence-electron chi connectivity index (χ1n) is 9.78. The minimum Gasteiger partial charge on any atom is -0.372 e. The van der Waals surface area contributed by atoms with Crippen LogP contribution in [0.25, 0.3) is 0 Å². The average molecular weight is 385 g/mol. The molecule has 1 aliphatic heterocycles. The molecule has 0 spiro atoms. The molecule has 2 heterocycles. The average Bonchev–Trinajstić information content (AvgIpc) is 2.76. The molecule has 2 aromatic carbocycles. The summed E-state index contributed by atoms with van der Waals surface area (Å²) in [7, 11) is 0. The first-order valence-corrected chi connectivity index (χ1v) is 9.78. The first kappa shape index (κ1) is 18.7. The fourth-order valence-electron chi connectivity index (χ4n) is 3.34. The highest BCUT2D eigenvalue weighted by Crippen LogP contribution is 2.25. The van der Waals surface area contributed by atoms with Gasteiger partial charge in [-0.3, -0.25) is 0 Å². The van der Waals surface area contributed by atoms with Gasteiger partial charge in [-0.25, -0.2) is 0 Å². The molecule has 1 fully saturated rings. The molecular weight excluding hydrogens is 362 g/mol. The van der Waals surface area contributed by atoms with Crippen molar-refractivity contribution in [3.05, 3.63) is 60.3 Å². The van der Waals surface area contributed by atoms with Crippen LogP contribution in [-0.4, -0.2) is 28.3 Å². The molecule has 7 heteroatoms. The summed E-state index contributed by atoms with van der Waals surface area (Å²) in [5.41, 5.74) is 3.60. The van der Waals surface area contributed by atoms with Crippen molar-refractivity contribution in [1.29, 1.82) is 5.26 Å². The Hall–Kier alpha value is -3.66. The number of nitrogens with zero attached hydrogens (tertiary/aromatic N) is 5. The molecule has 1 aliphatic rings. The molecule has 4 rings (SSSR count). The lowest BCUT2D eigenvalue weighted by Crippen LogP contribution is -2.32. The summed E-state index contributed by atoms with van der Waals surface area (Å²) in [5, 5.41) is 23.3. The lowest BCUT2D eigenvalue weighted by Gasteiger charge is -2.32. The molecule has 2 N–H and O–H groups in total. The minimum atomic E-state index is 0.388. The van der Waals surface area contributed by atoms with E-state index in [1.54, 1.807) is 18.3 Å². The summed E-state index contributed by atoms with van der Waals surface area (Å²) in [6.07, 6.45) is 4.09. The van der Waals surface area contributed by atoms with Gasteiger partial charge in [-0.2, -0.15) is 15.3 Å². The van der Waals surface area contributed by atoms with Gasteiger partial charge in [0.25, 0.3) is 0 Å². The van der Waals surface area contributed by atoms with Gasteiger partial charge in [0.05, 0.1) is 17.8 Å². The van der Waals surface area contributed by atoms with Crippen molar-refractivity contribution in [3.8, 4) is 6.07 Å². The molecule has 0 amide bonds. The lowest BCUT2D eigenvalue weighted by molar-refractivity contribution is 0.438. The van der Waals surface area contributed by atoms with E-state index in [4.69, 9.17) is 5.26 Å². The number of rotatable bonds is 5. The van der Waals surface area contributed by atoms with Crippen molar-refractivity contribution >= 4 is 28.8 Å². The zero-order valence-corrected chi connectivity index (χ0v) is 16.3. The SMILES string of the molecule is CC1CCN(c2ccc(Nc3cnnc(Nc4ccc(C#N)cc4)n3)cc2)CC1. The Balaban J connectivity index is 1.40. The van der Waals surface area contributed by atoms with E-state index in [0.717, 1.165) is 30.4 Å². The summed E-state index contributed by atoms with van der Waals surface area (Å²) in [4.78, 5) is 6.90. The number of nitrogens with one attached hydrogen (secondary N) is 2. The Kier molecular flexibility index (Phi) is 5.52. The van der Waals surface area contributed by atoms with Crippen molar-refractivity contribution in [3.63, 3.8) is 0 Å². The fraction of sp³-hybridized carbons (Fsp3) is 0.273. The molecule has 1 saturated heterocycles. The molecule has 29 heavy (non-hydrogen) atoms. The predicted molar refractivity (Wildman–Crippen MR) is 115 cm³/mol. The number of benzene rings is 2. The van der Waals surface area contributed by atoms with E-state index in [1.807, 2.05) is 12.1 Å². The molecule has 7 nitrogen and oxygen atoms in total. The van der Waals surface area contributed by atoms with Crippen molar-refractivity contribution in [1.82, 2.24) is 15.2 Å². The standard InChI is InChI=1S/C22H23N7/c1-16-10-12-29(13-11-16)20-8-6-18(7-9-20)25-21-15-24-28-22(27-21)26-19-4-2-17(14-23)3-5-19/h2-9,15-16H,10-13H2,1H3,(H2,25,26,27,28). The van der Waals surface area contributed by atoms with Crippen LogP contribution in [0.4, 0.5) is 28.8 Å². The summed E-state index contributed by atoms with van der Waals surface area (Å²) < 4.78 is 0. The molecule has 0 bridgehead atoms. The zero-order valence-electron chi connectivity index (χ0n) is 16.3. The summed E-state index contributed by atoms with van der Waals surface area (Å²) in [6, 6.07) is 17.6. The highest BCUT2D eigenvalue weighted by Gasteiger charge is 2.15. The quantitative estimate of drug-likeness (QED) is 0.670. The normalized spacial score (nSPS) is 14.3. The van der Waals surface area contributed by atoms with Crippen molar-refractivity contribution in [2.24, 2.45) is 5.92 Å². The molecule has 0 unspecified atom stereocenters. The van der Waals surface area contributed by atoms with Gasteiger partial charge < -0.3 is 15.5 Å². The first-order chi connectivity index (χ1) is 14.2. The predicted octanol–water partition coefficient (Wildman–Crippen LogP) is 4.47. The molecular formula is C22H23N7. The topological polar surface area (TPSA) is 89.8 Å².